The third-order valence-electron chi connectivity index (χ3n) is 2.58. The number of hydrogen-bond donors (Lipinski definition) is 2. The maximum absolute atomic E-state index is 13.4. The summed E-state index contributed by atoms with van der Waals surface area (Å²) in [5, 5.41) is 5.29. The first-order valence-electron chi connectivity index (χ1n) is 6.07. The number of aromatic nitrogens is 1. The van der Waals surface area contributed by atoms with Crippen LogP contribution < -0.4 is 10.6 Å². The zero-order valence-electron chi connectivity index (χ0n) is 10.8. The summed E-state index contributed by atoms with van der Waals surface area (Å²) in [4.78, 5) is 15.9. The number of pyridine rings is 1. The predicted octanol–water partition coefficient (Wildman–Crippen LogP) is 3.04. The van der Waals surface area contributed by atoms with Gasteiger partial charge in [-0.15, -0.1) is 0 Å². The van der Waals surface area contributed by atoms with Crippen LogP contribution in [0.2, 0.25) is 0 Å². The van der Waals surface area contributed by atoms with E-state index < -0.39 is 17.5 Å². The monoisotopic (exact) mass is 277 g/mol. The molecule has 2 aromatic rings. The first-order valence-corrected chi connectivity index (χ1v) is 6.07. The summed E-state index contributed by atoms with van der Waals surface area (Å²) in [6, 6.07) is 6.78. The molecule has 2 N–H and O–H groups in total. The first-order chi connectivity index (χ1) is 9.61. The molecule has 104 valence electrons. The highest BCUT2D eigenvalue weighted by Gasteiger charge is 2.12. The van der Waals surface area contributed by atoms with Gasteiger partial charge in [-0.3, -0.25) is 4.79 Å². The lowest BCUT2D eigenvalue weighted by molar-refractivity contribution is 0.102. The zero-order valence-corrected chi connectivity index (χ0v) is 10.8. The Kier molecular flexibility index (Phi) is 4.24. The summed E-state index contributed by atoms with van der Waals surface area (Å²) in [7, 11) is 0. The second-order valence-electron chi connectivity index (χ2n) is 4.02. The van der Waals surface area contributed by atoms with Crippen molar-refractivity contribution in [3.63, 3.8) is 0 Å². The molecule has 6 heteroatoms. The van der Waals surface area contributed by atoms with Crippen molar-refractivity contribution in [1.82, 2.24) is 4.98 Å². The second-order valence-corrected chi connectivity index (χ2v) is 4.02. The van der Waals surface area contributed by atoms with E-state index in [1.807, 2.05) is 6.92 Å². The van der Waals surface area contributed by atoms with Gasteiger partial charge >= 0.3 is 0 Å². The van der Waals surface area contributed by atoms with E-state index in [1.54, 1.807) is 12.1 Å². The highest BCUT2D eigenvalue weighted by Crippen LogP contribution is 2.17. The van der Waals surface area contributed by atoms with Crippen LogP contribution in [-0.2, 0) is 0 Å². The Balaban J connectivity index is 2.13. The Hall–Kier alpha value is -2.50. The zero-order chi connectivity index (χ0) is 14.5. The molecule has 0 spiro atoms. The number of nitrogens with one attached hydrogen (secondary N) is 2. The van der Waals surface area contributed by atoms with Crippen molar-refractivity contribution in [3.05, 3.63) is 53.7 Å². The van der Waals surface area contributed by atoms with Crippen molar-refractivity contribution < 1.29 is 13.6 Å². The van der Waals surface area contributed by atoms with E-state index in [2.05, 4.69) is 15.6 Å². The van der Waals surface area contributed by atoms with E-state index in [1.165, 1.54) is 18.3 Å². The third kappa shape index (κ3) is 3.09. The molecule has 1 aromatic carbocycles. The van der Waals surface area contributed by atoms with Crippen LogP contribution in [-0.4, -0.2) is 17.4 Å². The molecule has 0 bridgehead atoms. The topological polar surface area (TPSA) is 54.0 Å². The summed E-state index contributed by atoms with van der Waals surface area (Å²) in [5.74, 6) is -2.01. The van der Waals surface area contributed by atoms with E-state index in [0.717, 1.165) is 6.07 Å². The van der Waals surface area contributed by atoms with Crippen LogP contribution in [0.4, 0.5) is 20.3 Å². The number of benzene rings is 1. The van der Waals surface area contributed by atoms with Gasteiger partial charge in [-0.2, -0.15) is 0 Å². The van der Waals surface area contributed by atoms with Crippen molar-refractivity contribution in [2.75, 3.05) is 17.2 Å². The fraction of sp³-hybridized carbons (Fsp3) is 0.143. The molecule has 1 heterocycles. The minimum atomic E-state index is -1.09. The minimum Gasteiger partial charge on any atom is -0.370 e. The van der Waals surface area contributed by atoms with Gasteiger partial charge in [0.25, 0.3) is 5.91 Å². The number of carbonyl (C=O) groups excluding carboxylic acids is 1. The molecule has 0 aliphatic heterocycles. The lowest BCUT2D eigenvalue weighted by atomic mass is 10.2. The van der Waals surface area contributed by atoms with E-state index in [4.69, 9.17) is 0 Å². The molecule has 0 radical (unpaired) electrons. The smallest absolute Gasteiger partial charge is 0.257 e. The van der Waals surface area contributed by atoms with Gasteiger partial charge in [0.1, 0.15) is 5.82 Å². The fourth-order valence-electron chi connectivity index (χ4n) is 1.61. The summed E-state index contributed by atoms with van der Waals surface area (Å²) in [6.07, 6.45) is 1.37. The molecule has 4 nitrogen and oxygen atoms in total. The molecule has 0 aliphatic carbocycles. The minimum absolute atomic E-state index is 0.203. The molecular formula is C14H13F2N3O. The van der Waals surface area contributed by atoms with Crippen LogP contribution in [0.15, 0.2) is 36.5 Å². The van der Waals surface area contributed by atoms with Gasteiger partial charge < -0.3 is 10.6 Å². The Morgan fingerprint density at radius 2 is 2.05 bits per heavy atom. The van der Waals surface area contributed by atoms with E-state index in [9.17, 15) is 13.6 Å². The number of hydrogen-bond acceptors (Lipinski definition) is 3. The van der Waals surface area contributed by atoms with E-state index >= 15 is 0 Å². The molecular weight excluding hydrogens is 264 g/mol. The van der Waals surface area contributed by atoms with Gasteiger partial charge in [0.2, 0.25) is 0 Å². The van der Waals surface area contributed by atoms with Crippen LogP contribution in [0.25, 0.3) is 0 Å². The maximum Gasteiger partial charge on any atom is 0.257 e. The van der Waals surface area contributed by atoms with Crippen LogP contribution >= 0.6 is 0 Å². The molecule has 1 aromatic heterocycles. The van der Waals surface area contributed by atoms with Crippen molar-refractivity contribution in [3.8, 4) is 0 Å². The Labute approximate surface area is 114 Å². The summed E-state index contributed by atoms with van der Waals surface area (Å²) >= 11 is 0. The van der Waals surface area contributed by atoms with Gasteiger partial charge in [0.15, 0.2) is 11.6 Å². The average molecular weight is 277 g/mol. The molecule has 0 fully saturated rings. The quantitative estimate of drug-likeness (QED) is 0.903. The number of halogens is 2. The molecule has 0 aliphatic rings. The SMILES string of the molecule is CCNc1ccc(C(=O)Nc2cccc(F)c2F)cn1. The number of amides is 1. The summed E-state index contributed by atoms with van der Waals surface area (Å²) < 4.78 is 26.4. The molecule has 0 saturated carbocycles. The number of carbonyl (C=O) groups is 1. The second kappa shape index (κ2) is 6.10. The number of nitrogens with zero attached hydrogens (tertiary/aromatic N) is 1. The molecule has 0 atom stereocenters. The van der Waals surface area contributed by atoms with Crippen molar-refractivity contribution >= 4 is 17.4 Å². The summed E-state index contributed by atoms with van der Waals surface area (Å²) in [6.45, 7) is 2.64. The molecule has 0 unspecified atom stereocenters. The van der Waals surface area contributed by atoms with Gasteiger partial charge in [-0.1, -0.05) is 6.07 Å². The first kappa shape index (κ1) is 13.9. The number of rotatable bonds is 4. The normalized spacial score (nSPS) is 10.2. The third-order valence-corrected chi connectivity index (χ3v) is 2.58. The van der Waals surface area contributed by atoms with Crippen molar-refractivity contribution in [2.24, 2.45) is 0 Å². The molecule has 20 heavy (non-hydrogen) atoms. The molecule has 0 saturated heterocycles. The highest BCUT2D eigenvalue weighted by atomic mass is 19.2. The summed E-state index contributed by atoms with van der Waals surface area (Å²) in [5.41, 5.74) is 0.0566. The molecule has 2 rings (SSSR count). The van der Waals surface area contributed by atoms with E-state index in [0.29, 0.717) is 12.4 Å². The maximum atomic E-state index is 13.4. The lowest BCUT2D eigenvalue weighted by Crippen LogP contribution is -2.14. The largest absolute Gasteiger partial charge is 0.370 e. The van der Waals surface area contributed by atoms with Crippen LogP contribution in [0.3, 0.4) is 0 Å². The predicted molar refractivity (Wildman–Crippen MR) is 72.7 cm³/mol. The van der Waals surface area contributed by atoms with Crippen molar-refractivity contribution in [1.29, 1.82) is 0 Å². The lowest BCUT2D eigenvalue weighted by Gasteiger charge is -2.07. The highest BCUT2D eigenvalue weighted by molar-refractivity contribution is 6.04. The Bertz CT molecular complexity index is 614. The Morgan fingerprint density at radius 3 is 2.70 bits per heavy atom. The Morgan fingerprint density at radius 1 is 1.25 bits per heavy atom. The van der Waals surface area contributed by atoms with E-state index in [-0.39, 0.29) is 11.3 Å². The van der Waals surface area contributed by atoms with Crippen LogP contribution in [0.1, 0.15) is 17.3 Å². The molecule has 1 amide bonds. The van der Waals surface area contributed by atoms with Gasteiger partial charge in [-0.25, -0.2) is 13.8 Å². The van der Waals surface area contributed by atoms with Gasteiger partial charge in [-0.05, 0) is 31.2 Å². The van der Waals surface area contributed by atoms with Crippen LogP contribution in [0.5, 0.6) is 0 Å². The average Bonchev–Trinajstić information content (AvgIpc) is 2.45. The van der Waals surface area contributed by atoms with Gasteiger partial charge in [0.05, 0.1) is 11.3 Å². The van der Waals surface area contributed by atoms with Crippen molar-refractivity contribution in [2.45, 2.75) is 6.92 Å². The fourth-order valence-corrected chi connectivity index (χ4v) is 1.61. The standard InChI is InChI=1S/C14H13F2N3O/c1-2-17-12-7-6-9(8-18-12)14(20)19-11-5-3-4-10(15)13(11)16/h3-8H,2H2,1H3,(H,17,18)(H,19,20). The van der Waals surface area contributed by atoms with Gasteiger partial charge in [0, 0.05) is 12.7 Å². The van der Waals surface area contributed by atoms with Crippen LogP contribution in [0, 0.1) is 11.6 Å². The number of anilines is 2.